The summed E-state index contributed by atoms with van der Waals surface area (Å²) in [7, 11) is 0. The van der Waals surface area contributed by atoms with E-state index >= 15 is 0 Å². The van der Waals surface area contributed by atoms with Crippen molar-refractivity contribution in [2.45, 2.75) is 36.9 Å². The van der Waals surface area contributed by atoms with Gasteiger partial charge in [-0.1, -0.05) is 34.2 Å². The summed E-state index contributed by atoms with van der Waals surface area (Å²) in [4.78, 5) is 0. The van der Waals surface area contributed by atoms with Crippen LogP contribution in [-0.4, -0.2) is 23.4 Å². The number of alkyl halides is 1. The maximum Gasteiger partial charge on any atom is 0.169 e. The van der Waals surface area contributed by atoms with E-state index in [1.807, 2.05) is 0 Å². The van der Waals surface area contributed by atoms with Crippen LogP contribution in [0.2, 0.25) is 0 Å². The van der Waals surface area contributed by atoms with E-state index in [2.05, 4.69) is 42.5 Å². The normalized spacial score (nSPS) is 28.5. The predicted molar refractivity (Wildman–Crippen MR) is 62.2 cm³/mol. The van der Waals surface area contributed by atoms with E-state index in [1.165, 1.54) is 12.0 Å². The van der Waals surface area contributed by atoms with Crippen LogP contribution in [0.4, 0.5) is 0 Å². The van der Waals surface area contributed by atoms with Gasteiger partial charge in [-0.25, -0.2) is 0 Å². The monoisotopic (exact) mass is 296 g/mol. The molecular formula is C10H17IO2. The average molecular weight is 296 g/mol. The average Bonchev–Trinajstić information content (AvgIpc) is 2.08. The van der Waals surface area contributed by atoms with Gasteiger partial charge in [0.1, 0.15) is 0 Å². The molecule has 0 aromatic carbocycles. The Morgan fingerprint density at radius 2 is 2.38 bits per heavy atom. The number of halogens is 1. The minimum absolute atomic E-state index is 0.00458. The number of rotatable bonds is 3. The van der Waals surface area contributed by atoms with Gasteiger partial charge in [0.25, 0.3) is 0 Å². The molecule has 13 heavy (non-hydrogen) atoms. The van der Waals surface area contributed by atoms with Crippen molar-refractivity contribution in [1.82, 2.24) is 0 Å². The first-order valence-corrected chi connectivity index (χ1v) is 5.95. The zero-order valence-corrected chi connectivity index (χ0v) is 10.4. The first-order chi connectivity index (χ1) is 6.20. The molecular weight excluding hydrogens is 279 g/mol. The van der Waals surface area contributed by atoms with Gasteiger partial charge in [-0.2, -0.15) is 0 Å². The van der Waals surface area contributed by atoms with E-state index in [-0.39, 0.29) is 6.29 Å². The van der Waals surface area contributed by atoms with E-state index in [4.69, 9.17) is 9.47 Å². The molecule has 2 nitrogen and oxygen atoms in total. The molecule has 1 aliphatic rings. The fraction of sp³-hybridized carbons (Fsp3) is 0.800. The lowest BCUT2D eigenvalue weighted by Gasteiger charge is -2.27. The Morgan fingerprint density at radius 3 is 3.00 bits per heavy atom. The SMILES string of the molecule is CC(C)=CCO[C@@H]1OCCC[C@H]1I. The number of allylic oxidation sites excluding steroid dienone is 1. The van der Waals surface area contributed by atoms with Gasteiger partial charge in [0.15, 0.2) is 6.29 Å². The highest BCUT2D eigenvalue weighted by Gasteiger charge is 2.23. The van der Waals surface area contributed by atoms with Crippen molar-refractivity contribution in [3.8, 4) is 0 Å². The van der Waals surface area contributed by atoms with Crippen molar-refractivity contribution in [1.29, 1.82) is 0 Å². The Kier molecular flexibility index (Phi) is 5.28. The van der Waals surface area contributed by atoms with Crippen LogP contribution in [0.3, 0.4) is 0 Å². The summed E-state index contributed by atoms with van der Waals surface area (Å²) in [6.45, 7) is 5.67. The molecule has 0 unspecified atom stereocenters. The minimum atomic E-state index is 0.00458. The van der Waals surface area contributed by atoms with Crippen LogP contribution < -0.4 is 0 Å². The van der Waals surface area contributed by atoms with Crippen molar-refractivity contribution in [3.63, 3.8) is 0 Å². The van der Waals surface area contributed by atoms with Crippen LogP contribution in [0, 0.1) is 0 Å². The zero-order chi connectivity index (χ0) is 9.68. The van der Waals surface area contributed by atoms with Crippen molar-refractivity contribution in [2.75, 3.05) is 13.2 Å². The molecule has 2 atom stereocenters. The molecule has 0 N–H and O–H groups in total. The van der Waals surface area contributed by atoms with Crippen molar-refractivity contribution < 1.29 is 9.47 Å². The Labute approximate surface area is 93.8 Å². The van der Waals surface area contributed by atoms with Gasteiger partial charge in [0.05, 0.1) is 10.5 Å². The number of hydrogen-bond acceptors (Lipinski definition) is 2. The van der Waals surface area contributed by atoms with Gasteiger partial charge in [-0.3, -0.25) is 0 Å². The highest BCUT2D eigenvalue weighted by molar-refractivity contribution is 14.1. The third-order valence-corrected chi connectivity index (χ3v) is 3.16. The van der Waals surface area contributed by atoms with Crippen LogP contribution in [-0.2, 0) is 9.47 Å². The summed E-state index contributed by atoms with van der Waals surface area (Å²) in [6.07, 6.45) is 4.46. The van der Waals surface area contributed by atoms with Crippen LogP contribution in [0.15, 0.2) is 11.6 Å². The zero-order valence-electron chi connectivity index (χ0n) is 8.25. The van der Waals surface area contributed by atoms with E-state index in [0.717, 1.165) is 13.0 Å². The van der Waals surface area contributed by atoms with Gasteiger partial charge >= 0.3 is 0 Å². The summed E-state index contributed by atoms with van der Waals surface area (Å²) in [5.41, 5.74) is 1.29. The Balaban J connectivity index is 2.23. The van der Waals surface area contributed by atoms with E-state index in [1.54, 1.807) is 0 Å². The van der Waals surface area contributed by atoms with Crippen molar-refractivity contribution in [2.24, 2.45) is 0 Å². The second kappa shape index (κ2) is 5.98. The highest BCUT2D eigenvalue weighted by atomic mass is 127. The summed E-state index contributed by atoms with van der Waals surface area (Å²) in [5, 5.41) is 0. The van der Waals surface area contributed by atoms with Crippen LogP contribution in [0.25, 0.3) is 0 Å². The fourth-order valence-corrected chi connectivity index (χ4v) is 2.04. The standard InChI is InChI=1S/C10H17IO2/c1-8(2)5-7-13-10-9(11)4-3-6-12-10/h5,9-10H,3-4,6-7H2,1-2H3/t9-,10+/m1/s1. The molecule has 0 amide bonds. The largest absolute Gasteiger partial charge is 0.352 e. The second-order valence-electron chi connectivity index (χ2n) is 3.51. The molecule has 1 aliphatic heterocycles. The van der Waals surface area contributed by atoms with Crippen LogP contribution >= 0.6 is 22.6 Å². The van der Waals surface area contributed by atoms with Crippen LogP contribution in [0.1, 0.15) is 26.7 Å². The first-order valence-electron chi connectivity index (χ1n) is 4.71. The molecule has 0 saturated carbocycles. The van der Waals surface area contributed by atoms with E-state index in [9.17, 15) is 0 Å². The van der Waals surface area contributed by atoms with Gasteiger partial charge in [0.2, 0.25) is 0 Å². The fourth-order valence-electron chi connectivity index (χ4n) is 1.18. The van der Waals surface area contributed by atoms with Gasteiger partial charge in [-0.15, -0.1) is 0 Å². The molecule has 1 rings (SSSR count). The third-order valence-electron chi connectivity index (χ3n) is 1.95. The molecule has 1 saturated heterocycles. The number of hydrogen-bond donors (Lipinski definition) is 0. The molecule has 0 aromatic heterocycles. The second-order valence-corrected chi connectivity index (χ2v) is 5.11. The Bertz CT molecular complexity index is 176. The smallest absolute Gasteiger partial charge is 0.169 e. The van der Waals surface area contributed by atoms with Crippen molar-refractivity contribution >= 4 is 22.6 Å². The minimum Gasteiger partial charge on any atom is -0.352 e. The molecule has 1 fully saturated rings. The molecule has 1 heterocycles. The first kappa shape index (κ1) is 11.5. The summed E-state index contributed by atoms with van der Waals surface area (Å²) < 4.78 is 11.6. The molecule has 3 heteroatoms. The molecule has 0 aromatic rings. The third kappa shape index (κ3) is 4.42. The van der Waals surface area contributed by atoms with Crippen LogP contribution in [0.5, 0.6) is 0 Å². The maximum atomic E-state index is 5.60. The highest BCUT2D eigenvalue weighted by Crippen LogP contribution is 2.22. The molecule has 0 radical (unpaired) electrons. The molecule has 0 bridgehead atoms. The van der Waals surface area contributed by atoms with E-state index < -0.39 is 0 Å². The molecule has 0 spiro atoms. The number of ether oxygens (including phenoxy) is 2. The lowest BCUT2D eigenvalue weighted by molar-refractivity contribution is -0.148. The summed E-state index contributed by atoms with van der Waals surface area (Å²) >= 11 is 2.41. The topological polar surface area (TPSA) is 18.5 Å². The van der Waals surface area contributed by atoms with Gasteiger partial charge < -0.3 is 9.47 Å². The molecule has 0 aliphatic carbocycles. The Hall–Kier alpha value is 0.390. The molecule has 76 valence electrons. The van der Waals surface area contributed by atoms with Gasteiger partial charge in [-0.05, 0) is 26.7 Å². The van der Waals surface area contributed by atoms with Crippen molar-refractivity contribution in [3.05, 3.63) is 11.6 Å². The lowest BCUT2D eigenvalue weighted by Crippen LogP contribution is -2.32. The maximum absolute atomic E-state index is 5.60. The Morgan fingerprint density at radius 1 is 1.62 bits per heavy atom. The van der Waals surface area contributed by atoms with Gasteiger partial charge in [0, 0.05) is 6.61 Å². The quantitative estimate of drug-likeness (QED) is 0.453. The lowest BCUT2D eigenvalue weighted by atomic mass is 10.2. The van der Waals surface area contributed by atoms with E-state index in [0.29, 0.717) is 10.5 Å². The summed E-state index contributed by atoms with van der Waals surface area (Å²) in [6, 6.07) is 0. The summed E-state index contributed by atoms with van der Waals surface area (Å²) in [5.74, 6) is 0. The predicted octanol–water partition coefficient (Wildman–Crippen LogP) is 2.91.